The van der Waals surface area contributed by atoms with Gasteiger partial charge in [0.1, 0.15) is 23.2 Å². The molecule has 3 heterocycles. The first-order valence-corrected chi connectivity index (χ1v) is 11.8. The van der Waals surface area contributed by atoms with E-state index >= 15 is 4.39 Å². The van der Waals surface area contributed by atoms with Crippen LogP contribution in [0.25, 0.3) is 10.6 Å². The van der Waals surface area contributed by atoms with Crippen LogP contribution in [0.2, 0.25) is 0 Å². The number of hydrogen-bond acceptors (Lipinski definition) is 8. The van der Waals surface area contributed by atoms with Gasteiger partial charge in [0.25, 0.3) is 5.91 Å². The highest BCUT2D eigenvalue weighted by atomic mass is 32.1. The summed E-state index contributed by atoms with van der Waals surface area (Å²) in [6.07, 6.45) is -1.16. The lowest BCUT2D eigenvalue weighted by atomic mass is 10.1. The average Bonchev–Trinajstić information content (AvgIpc) is 3.28. The molecular weight excluding hydrogens is 502 g/mol. The number of ether oxygens (including phenoxy) is 2. The Bertz CT molecular complexity index is 1220. The topological polar surface area (TPSA) is 89.5 Å². The Morgan fingerprint density at radius 1 is 1.25 bits per heavy atom. The van der Waals surface area contributed by atoms with Gasteiger partial charge in [-0.15, -0.1) is 11.3 Å². The van der Waals surface area contributed by atoms with E-state index in [9.17, 15) is 18.0 Å². The quantitative estimate of drug-likeness (QED) is 0.471. The second-order valence-corrected chi connectivity index (χ2v) is 9.46. The summed E-state index contributed by atoms with van der Waals surface area (Å²) in [5.74, 6) is -2.56. The largest absolute Gasteiger partial charge is 0.492 e. The number of nitrogens with one attached hydrogen (secondary N) is 1. The molecule has 1 unspecified atom stereocenters. The van der Waals surface area contributed by atoms with E-state index in [1.54, 1.807) is 6.20 Å². The maximum atomic E-state index is 15.4. The van der Waals surface area contributed by atoms with E-state index in [0.29, 0.717) is 18.2 Å². The van der Waals surface area contributed by atoms with Gasteiger partial charge in [-0.05, 0) is 26.1 Å². The van der Waals surface area contributed by atoms with Gasteiger partial charge in [0.2, 0.25) is 5.82 Å². The minimum absolute atomic E-state index is 0.00805. The predicted octanol–water partition coefficient (Wildman–Crippen LogP) is 3.71. The molecule has 3 aromatic rings. The molecule has 4 rings (SSSR count). The Balaban J connectivity index is 1.55. The first-order valence-electron chi connectivity index (χ1n) is 10.9. The fourth-order valence-electron chi connectivity index (χ4n) is 3.46. The fourth-order valence-corrected chi connectivity index (χ4v) is 4.23. The third-order valence-corrected chi connectivity index (χ3v) is 6.46. The lowest BCUT2D eigenvalue weighted by Gasteiger charge is -2.32. The van der Waals surface area contributed by atoms with Crippen LogP contribution in [0.3, 0.4) is 0 Å². The predicted molar refractivity (Wildman–Crippen MR) is 123 cm³/mol. The summed E-state index contributed by atoms with van der Waals surface area (Å²) in [7, 11) is 1.95. The number of alkyl halides is 3. The third kappa shape index (κ3) is 6.15. The zero-order valence-electron chi connectivity index (χ0n) is 19.4. The van der Waals surface area contributed by atoms with E-state index in [2.05, 4.69) is 25.2 Å². The summed E-state index contributed by atoms with van der Waals surface area (Å²) in [5, 5.41) is 2.88. The molecule has 0 radical (unpaired) electrons. The molecule has 1 atom stereocenters. The number of carbonyl (C=O) groups excluding carboxylic acids is 1. The van der Waals surface area contributed by atoms with E-state index in [1.807, 2.05) is 14.0 Å². The molecule has 1 aliphatic rings. The Morgan fingerprint density at radius 3 is 2.64 bits per heavy atom. The lowest BCUT2D eigenvalue weighted by molar-refractivity contribution is -0.145. The number of morpholine rings is 1. The van der Waals surface area contributed by atoms with Gasteiger partial charge < -0.3 is 14.8 Å². The standard InChI is InChI=1S/C23H23F4N5O3S/c1-13-7-29-21(36-13)18-6-16(35-12-15-11-34-4-3-32(15)2)5-17(19(18)24)20(33)28-8-14-9-30-22(31-10-14)23(25,26)27/h5-7,9-10,15H,3-4,8,11-12H2,1-2H3,(H,28,33). The van der Waals surface area contributed by atoms with Gasteiger partial charge in [0, 0.05) is 42.1 Å². The molecule has 0 saturated carbocycles. The number of amides is 1. The minimum Gasteiger partial charge on any atom is -0.492 e. The van der Waals surface area contributed by atoms with Crippen LogP contribution in [-0.4, -0.2) is 65.2 Å². The molecule has 36 heavy (non-hydrogen) atoms. The highest BCUT2D eigenvalue weighted by molar-refractivity contribution is 7.14. The molecule has 1 aliphatic heterocycles. The third-order valence-electron chi connectivity index (χ3n) is 5.52. The first-order chi connectivity index (χ1) is 17.1. The van der Waals surface area contributed by atoms with Crippen molar-refractivity contribution in [3.63, 3.8) is 0 Å². The number of rotatable bonds is 7. The summed E-state index contributed by atoms with van der Waals surface area (Å²) < 4.78 is 64.8. The molecule has 1 N–H and O–H groups in total. The van der Waals surface area contributed by atoms with Crippen LogP contribution in [0.5, 0.6) is 5.75 Å². The molecule has 192 valence electrons. The molecular formula is C23H23F4N5O3S. The molecule has 0 bridgehead atoms. The van der Waals surface area contributed by atoms with Crippen molar-refractivity contribution in [2.24, 2.45) is 0 Å². The van der Waals surface area contributed by atoms with Crippen molar-refractivity contribution in [3.05, 3.63) is 58.4 Å². The number of halogens is 4. The number of nitrogens with zero attached hydrogens (tertiary/aromatic N) is 4. The Hall–Kier alpha value is -3.16. The SMILES string of the molecule is Cc1cnc(-c2cc(OCC3COCCN3C)cc(C(=O)NCc3cnc(C(F)(F)F)nc3)c2F)s1. The van der Waals surface area contributed by atoms with Crippen LogP contribution in [0.4, 0.5) is 17.6 Å². The van der Waals surface area contributed by atoms with Crippen molar-refractivity contribution in [2.45, 2.75) is 25.7 Å². The van der Waals surface area contributed by atoms with E-state index in [0.717, 1.165) is 23.8 Å². The zero-order chi connectivity index (χ0) is 25.9. The van der Waals surface area contributed by atoms with Crippen LogP contribution in [-0.2, 0) is 17.5 Å². The molecule has 1 saturated heterocycles. The van der Waals surface area contributed by atoms with E-state index in [4.69, 9.17) is 9.47 Å². The maximum Gasteiger partial charge on any atom is 0.451 e. The summed E-state index contributed by atoms with van der Waals surface area (Å²) in [6.45, 7) is 3.77. The second kappa shape index (κ2) is 10.8. The van der Waals surface area contributed by atoms with Gasteiger partial charge in [-0.2, -0.15) is 13.2 Å². The van der Waals surface area contributed by atoms with Crippen molar-refractivity contribution in [2.75, 3.05) is 33.4 Å². The van der Waals surface area contributed by atoms with Gasteiger partial charge in [-0.25, -0.2) is 19.3 Å². The van der Waals surface area contributed by atoms with Crippen LogP contribution in [0, 0.1) is 12.7 Å². The number of aryl methyl sites for hydroxylation is 1. The fraction of sp³-hybridized carbons (Fsp3) is 0.391. The number of carbonyl (C=O) groups is 1. The second-order valence-electron chi connectivity index (χ2n) is 8.22. The normalized spacial score (nSPS) is 16.7. The Morgan fingerprint density at radius 2 is 2.00 bits per heavy atom. The number of aromatic nitrogens is 3. The highest BCUT2D eigenvalue weighted by Gasteiger charge is 2.34. The lowest BCUT2D eigenvalue weighted by Crippen LogP contribution is -2.46. The number of benzene rings is 1. The summed E-state index contributed by atoms with van der Waals surface area (Å²) in [4.78, 5) is 26.6. The van der Waals surface area contributed by atoms with Crippen molar-refractivity contribution >= 4 is 17.2 Å². The smallest absolute Gasteiger partial charge is 0.451 e. The minimum atomic E-state index is -4.67. The molecule has 1 aromatic carbocycles. The first kappa shape index (κ1) is 25.9. The number of likely N-dealkylation sites (N-methyl/N-ethyl adjacent to an activating group) is 1. The molecule has 1 fully saturated rings. The average molecular weight is 526 g/mol. The van der Waals surface area contributed by atoms with E-state index in [1.165, 1.54) is 23.5 Å². The van der Waals surface area contributed by atoms with Crippen molar-refractivity contribution in [1.29, 1.82) is 0 Å². The van der Waals surface area contributed by atoms with Crippen molar-refractivity contribution in [3.8, 4) is 16.3 Å². The summed E-state index contributed by atoms with van der Waals surface area (Å²) >= 11 is 1.27. The van der Waals surface area contributed by atoms with Crippen LogP contribution >= 0.6 is 11.3 Å². The Kier molecular flexibility index (Phi) is 7.81. The van der Waals surface area contributed by atoms with Crippen molar-refractivity contribution < 1.29 is 31.8 Å². The molecule has 1 amide bonds. The van der Waals surface area contributed by atoms with Crippen LogP contribution in [0.15, 0.2) is 30.7 Å². The number of thiazole rings is 1. The molecule has 0 aliphatic carbocycles. The van der Waals surface area contributed by atoms with Crippen LogP contribution in [0.1, 0.15) is 26.6 Å². The molecule has 2 aromatic heterocycles. The molecule has 8 nitrogen and oxygen atoms in total. The van der Waals surface area contributed by atoms with E-state index in [-0.39, 0.29) is 41.6 Å². The molecule has 13 heteroatoms. The van der Waals surface area contributed by atoms with Gasteiger partial charge in [-0.3, -0.25) is 9.69 Å². The Labute approximate surface area is 208 Å². The maximum absolute atomic E-state index is 15.4. The monoisotopic (exact) mass is 525 g/mol. The zero-order valence-corrected chi connectivity index (χ0v) is 20.2. The molecule has 0 spiro atoms. The highest BCUT2D eigenvalue weighted by Crippen LogP contribution is 2.33. The summed E-state index contributed by atoms with van der Waals surface area (Å²) in [5.41, 5.74) is 0.0542. The van der Waals surface area contributed by atoms with Crippen molar-refractivity contribution in [1.82, 2.24) is 25.2 Å². The van der Waals surface area contributed by atoms with Gasteiger partial charge in [-0.1, -0.05) is 0 Å². The van der Waals surface area contributed by atoms with Gasteiger partial charge >= 0.3 is 6.18 Å². The van der Waals surface area contributed by atoms with E-state index < -0.39 is 23.7 Å². The van der Waals surface area contributed by atoms with Gasteiger partial charge in [0.15, 0.2) is 0 Å². The number of hydrogen-bond donors (Lipinski definition) is 1. The van der Waals surface area contributed by atoms with Crippen LogP contribution < -0.4 is 10.1 Å². The van der Waals surface area contributed by atoms with Gasteiger partial charge in [0.05, 0.1) is 30.4 Å². The summed E-state index contributed by atoms with van der Waals surface area (Å²) in [6, 6.07) is 2.78.